The van der Waals surface area contributed by atoms with Crippen LogP contribution in [-0.4, -0.2) is 56.2 Å². The van der Waals surface area contributed by atoms with Gasteiger partial charge < -0.3 is 14.8 Å². The SMILES string of the molecule is CC(C(=O)c1ccc2c(c1)NCCO2)N1CCOCC1. The number of rotatable bonds is 3. The van der Waals surface area contributed by atoms with Crippen LogP contribution in [0.2, 0.25) is 0 Å². The molecule has 1 atom stereocenters. The van der Waals surface area contributed by atoms with Gasteiger partial charge in [-0.1, -0.05) is 0 Å². The van der Waals surface area contributed by atoms with Gasteiger partial charge in [-0.2, -0.15) is 0 Å². The van der Waals surface area contributed by atoms with Crippen LogP contribution in [0.25, 0.3) is 0 Å². The lowest BCUT2D eigenvalue weighted by Crippen LogP contribution is -2.45. The van der Waals surface area contributed by atoms with Crippen molar-refractivity contribution in [2.24, 2.45) is 0 Å². The number of ketones is 1. The zero-order chi connectivity index (χ0) is 13.9. The Morgan fingerprint density at radius 3 is 2.90 bits per heavy atom. The van der Waals surface area contributed by atoms with E-state index >= 15 is 0 Å². The highest BCUT2D eigenvalue weighted by molar-refractivity contribution is 6.01. The predicted octanol–water partition coefficient (Wildman–Crippen LogP) is 1.39. The van der Waals surface area contributed by atoms with Gasteiger partial charge in [0.1, 0.15) is 12.4 Å². The molecule has 1 unspecified atom stereocenters. The van der Waals surface area contributed by atoms with E-state index in [0.29, 0.717) is 19.8 Å². The van der Waals surface area contributed by atoms with Crippen molar-refractivity contribution in [2.45, 2.75) is 13.0 Å². The van der Waals surface area contributed by atoms with Gasteiger partial charge in [0.25, 0.3) is 0 Å². The van der Waals surface area contributed by atoms with Crippen molar-refractivity contribution in [3.63, 3.8) is 0 Å². The second-order valence-electron chi connectivity index (χ2n) is 5.17. The summed E-state index contributed by atoms with van der Waals surface area (Å²) in [5.41, 5.74) is 1.65. The molecular formula is C15H20N2O3. The molecule has 1 aromatic rings. The van der Waals surface area contributed by atoms with Crippen LogP contribution in [0.15, 0.2) is 18.2 Å². The fourth-order valence-corrected chi connectivity index (χ4v) is 2.67. The zero-order valence-corrected chi connectivity index (χ0v) is 11.7. The number of fused-ring (bicyclic) bond motifs is 1. The second kappa shape index (κ2) is 5.81. The van der Waals surface area contributed by atoms with E-state index in [9.17, 15) is 4.79 Å². The Kier molecular flexibility index (Phi) is 3.89. The number of Topliss-reactive ketones (excluding diaryl/α,β-unsaturated/α-hetero) is 1. The molecule has 0 amide bonds. The first kappa shape index (κ1) is 13.4. The number of nitrogens with zero attached hydrogens (tertiary/aromatic N) is 1. The third-order valence-corrected chi connectivity index (χ3v) is 3.91. The van der Waals surface area contributed by atoms with Crippen molar-refractivity contribution >= 4 is 11.5 Å². The van der Waals surface area contributed by atoms with Crippen LogP contribution in [0, 0.1) is 0 Å². The van der Waals surface area contributed by atoms with E-state index in [1.54, 1.807) is 0 Å². The van der Waals surface area contributed by atoms with Gasteiger partial charge in [-0.3, -0.25) is 9.69 Å². The lowest BCUT2D eigenvalue weighted by Gasteiger charge is -2.31. The number of hydrogen-bond acceptors (Lipinski definition) is 5. The van der Waals surface area contributed by atoms with E-state index in [-0.39, 0.29) is 11.8 Å². The molecule has 0 saturated carbocycles. The molecule has 20 heavy (non-hydrogen) atoms. The molecular weight excluding hydrogens is 256 g/mol. The fourth-order valence-electron chi connectivity index (χ4n) is 2.67. The third kappa shape index (κ3) is 2.64. The molecule has 0 bridgehead atoms. The number of carbonyl (C=O) groups is 1. The predicted molar refractivity (Wildman–Crippen MR) is 76.6 cm³/mol. The Morgan fingerprint density at radius 1 is 1.30 bits per heavy atom. The summed E-state index contributed by atoms with van der Waals surface area (Å²) in [5.74, 6) is 0.980. The summed E-state index contributed by atoms with van der Waals surface area (Å²) in [5, 5.41) is 3.27. The molecule has 5 heteroatoms. The van der Waals surface area contributed by atoms with E-state index < -0.39 is 0 Å². The van der Waals surface area contributed by atoms with Gasteiger partial charge in [-0.05, 0) is 25.1 Å². The molecule has 5 nitrogen and oxygen atoms in total. The van der Waals surface area contributed by atoms with Gasteiger partial charge in [-0.25, -0.2) is 0 Å². The second-order valence-corrected chi connectivity index (χ2v) is 5.17. The molecule has 0 aromatic heterocycles. The van der Waals surface area contributed by atoms with Crippen LogP contribution in [-0.2, 0) is 4.74 Å². The number of anilines is 1. The minimum atomic E-state index is -0.110. The Balaban J connectivity index is 1.75. The van der Waals surface area contributed by atoms with Crippen LogP contribution < -0.4 is 10.1 Å². The van der Waals surface area contributed by atoms with Crippen LogP contribution in [0.1, 0.15) is 17.3 Å². The Morgan fingerprint density at radius 2 is 2.10 bits per heavy atom. The van der Waals surface area contributed by atoms with Gasteiger partial charge in [0.15, 0.2) is 5.78 Å². The maximum absolute atomic E-state index is 12.6. The van der Waals surface area contributed by atoms with Gasteiger partial charge in [0.2, 0.25) is 0 Å². The van der Waals surface area contributed by atoms with E-state index in [4.69, 9.17) is 9.47 Å². The van der Waals surface area contributed by atoms with Crippen LogP contribution in [0.5, 0.6) is 5.75 Å². The molecule has 2 aliphatic rings. The number of benzene rings is 1. The summed E-state index contributed by atoms with van der Waals surface area (Å²) >= 11 is 0. The standard InChI is InChI=1S/C15H20N2O3/c1-11(17-5-8-19-9-6-17)15(18)12-2-3-14-13(10-12)16-4-7-20-14/h2-3,10-11,16H,4-9H2,1H3. The van der Waals surface area contributed by atoms with Crippen molar-refractivity contribution in [3.05, 3.63) is 23.8 Å². The van der Waals surface area contributed by atoms with Crippen LogP contribution in [0.4, 0.5) is 5.69 Å². The average Bonchev–Trinajstić information content (AvgIpc) is 2.54. The Labute approximate surface area is 118 Å². The summed E-state index contributed by atoms with van der Waals surface area (Å²) in [4.78, 5) is 14.8. The molecule has 1 aromatic carbocycles. The topological polar surface area (TPSA) is 50.8 Å². The number of hydrogen-bond donors (Lipinski definition) is 1. The number of carbonyl (C=O) groups excluding carboxylic acids is 1. The highest BCUT2D eigenvalue weighted by atomic mass is 16.5. The fraction of sp³-hybridized carbons (Fsp3) is 0.533. The summed E-state index contributed by atoms with van der Waals surface area (Å²) in [6.07, 6.45) is 0. The molecule has 0 spiro atoms. The average molecular weight is 276 g/mol. The van der Waals surface area contributed by atoms with E-state index in [2.05, 4.69) is 10.2 Å². The van der Waals surface area contributed by atoms with Crippen molar-refractivity contribution in [2.75, 3.05) is 44.8 Å². The van der Waals surface area contributed by atoms with Crippen molar-refractivity contribution in [3.8, 4) is 5.75 Å². The largest absolute Gasteiger partial charge is 0.490 e. The molecule has 1 fully saturated rings. The summed E-state index contributed by atoms with van der Waals surface area (Å²) in [7, 11) is 0. The van der Waals surface area contributed by atoms with Crippen molar-refractivity contribution in [1.29, 1.82) is 0 Å². The summed E-state index contributed by atoms with van der Waals surface area (Å²) < 4.78 is 10.9. The normalized spacial score (nSPS) is 20.4. The number of nitrogens with one attached hydrogen (secondary N) is 1. The minimum absolute atomic E-state index is 0.110. The first-order chi connectivity index (χ1) is 9.75. The molecule has 3 rings (SSSR count). The zero-order valence-electron chi connectivity index (χ0n) is 11.7. The molecule has 0 aliphatic carbocycles. The van der Waals surface area contributed by atoms with Crippen molar-refractivity contribution in [1.82, 2.24) is 4.90 Å². The highest BCUT2D eigenvalue weighted by Crippen LogP contribution is 2.28. The third-order valence-electron chi connectivity index (χ3n) is 3.91. The van der Waals surface area contributed by atoms with Gasteiger partial charge in [0.05, 0.1) is 24.9 Å². The van der Waals surface area contributed by atoms with Gasteiger partial charge >= 0.3 is 0 Å². The maximum atomic E-state index is 12.6. The van der Waals surface area contributed by atoms with Gasteiger partial charge in [-0.15, -0.1) is 0 Å². The lowest BCUT2D eigenvalue weighted by atomic mass is 10.0. The monoisotopic (exact) mass is 276 g/mol. The smallest absolute Gasteiger partial charge is 0.179 e. The molecule has 2 aliphatic heterocycles. The Hall–Kier alpha value is -1.59. The number of ether oxygens (including phenoxy) is 2. The summed E-state index contributed by atoms with van der Waals surface area (Å²) in [6, 6.07) is 5.51. The van der Waals surface area contributed by atoms with Crippen molar-refractivity contribution < 1.29 is 14.3 Å². The first-order valence-corrected chi connectivity index (χ1v) is 7.12. The van der Waals surface area contributed by atoms with E-state index in [0.717, 1.165) is 36.6 Å². The first-order valence-electron chi connectivity index (χ1n) is 7.12. The maximum Gasteiger partial charge on any atom is 0.179 e. The lowest BCUT2D eigenvalue weighted by molar-refractivity contribution is 0.0208. The Bertz CT molecular complexity index is 498. The van der Waals surface area contributed by atoms with Crippen LogP contribution in [0.3, 0.4) is 0 Å². The van der Waals surface area contributed by atoms with E-state index in [1.165, 1.54) is 0 Å². The summed E-state index contributed by atoms with van der Waals surface area (Å²) in [6.45, 7) is 6.47. The van der Waals surface area contributed by atoms with Crippen LogP contribution >= 0.6 is 0 Å². The van der Waals surface area contributed by atoms with E-state index in [1.807, 2.05) is 25.1 Å². The number of morpholine rings is 1. The molecule has 2 heterocycles. The molecule has 0 radical (unpaired) electrons. The van der Waals surface area contributed by atoms with Gasteiger partial charge in [0, 0.05) is 25.2 Å². The molecule has 108 valence electrons. The molecule has 1 N–H and O–H groups in total. The molecule has 1 saturated heterocycles. The highest BCUT2D eigenvalue weighted by Gasteiger charge is 2.25. The quantitative estimate of drug-likeness (QED) is 0.846. The minimum Gasteiger partial charge on any atom is -0.490 e.